The van der Waals surface area contributed by atoms with Crippen LogP contribution in [0.15, 0.2) is 31.0 Å². The van der Waals surface area contributed by atoms with Crippen molar-refractivity contribution in [1.82, 2.24) is 15.1 Å². The number of methoxy groups -OCH3 is 1. The second-order valence-electron chi connectivity index (χ2n) is 17.5. The Balaban J connectivity index is 1.27. The van der Waals surface area contributed by atoms with Crippen LogP contribution in [-0.2, 0) is 37.4 Å². The monoisotopic (exact) mass is 884 g/mol. The van der Waals surface area contributed by atoms with E-state index in [1.807, 2.05) is 13.1 Å². The van der Waals surface area contributed by atoms with Gasteiger partial charge in [-0.25, -0.2) is 14.4 Å². The molecule has 2 fully saturated rings. The number of piperazine rings is 1. The molecular formula is C45H48N4O13S. The average molecular weight is 885 g/mol. The molecule has 3 N–H and O–H groups in total. The third-order valence-corrected chi connectivity index (χ3v) is 14.4. The first-order valence-corrected chi connectivity index (χ1v) is 21.6. The second kappa shape index (κ2) is 15.4. The van der Waals surface area contributed by atoms with Crippen molar-refractivity contribution in [1.29, 1.82) is 5.26 Å². The molecule has 7 atom stereocenters. The number of fused-ring (bicyclic) bond motifs is 9. The number of nitriles is 1. The number of phenolic OH excluding ortho intramolecular Hbond substituents is 2. The Morgan fingerprint density at radius 1 is 1.03 bits per heavy atom. The number of ether oxygens (including phenoxy) is 8. The van der Waals surface area contributed by atoms with Gasteiger partial charge in [0, 0.05) is 46.6 Å². The quantitative estimate of drug-likeness (QED) is 0.0899. The van der Waals surface area contributed by atoms with E-state index in [0.29, 0.717) is 69.8 Å². The maximum Gasteiger partial charge on any atom is 0.518 e. The van der Waals surface area contributed by atoms with E-state index in [-0.39, 0.29) is 47.9 Å². The highest BCUT2D eigenvalue weighted by Gasteiger charge is 2.62. The molecule has 18 heteroatoms. The van der Waals surface area contributed by atoms with E-state index < -0.39 is 64.9 Å². The lowest BCUT2D eigenvalue weighted by Crippen LogP contribution is -2.69. The summed E-state index contributed by atoms with van der Waals surface area (Å²) in [6.07, 6.45) is -0.170. The van der Waals surface area contributed by atoms with Gasteiger partial charge in [-0.15, -0.1) is 11.8 Å². The molecule has 3 aromatic rings. The molecule has 7 aliphatic heterocycles. The number of aromatic hydroxyl groups is 2. The predicted octanol–water partition coefficient (Wildman–Crippen LogP) is 6.03. The van der Waals surface area contributed by atoms with Crippen LogP contribution in [0.3, 0.4) is 0 Å². The molecule has 0 aliphatic carbocycles. The molecule has 7 aliphatic rings. The Morgan fingerprint density at radius 2 is 1.79 bits per heavy atom. The molecule has 0 amide bonds. The van der Waals surface area contributed by atoms with Gasteiger partial charge in [-0.2, -0.15) is 5.26 Å². The number of aryl methyl sites for hydroxylation is 1. The van der Waals surface area contributed by atoms with Crippen molar-refractivity contribution in [2.45, 2.75) is 94.1 Å². The molecule has 332 valence electrons. The SMILES string of the molecule is C=COC(=O)Oc1c(C)c2c(c3c1[C@H]1SC[C@]4(NCCc5cc(OC(=O)OC(C)(C)C)c(OC)cc54)C(=O)OC[C@@H]3N3C1[C@@H]1c4c(cc(C)c(O)c4O)C[C@@H]([C@@H]3C#N)N1C)OCO2. The number of nitrogens with one attached hydrogen (secondary N) is 1. The number of phenols is 2. The van der Waals surface area contributed by atoms with Gasteiger partial charge in [0.2, 0.25) is 6.79 Å². The lowest BCUT2D eigenvalue weighted by molar-refractivity contribution is -0.157. The third-order valence-electron chi connectivity index (χ3n) is 12.9. The molecule has 0 aromatic heterocycles. The van der Waals surface area contributed by atoms with Gasteiger partial charge in [-0.3, -0.25) is 15.1 Å². The summed E-state index contributed by atoms with van der Waals surface area (Å²) in [6.45, 7) is 12.1. The fraction of sp³-hybridized carbons (Fsp3) is 0.467. The first-order valence-electron chi connectivity index (χ1n) is 20.6. The molecule has 63 heavy (non-hydrogen) atoms. The molecule has 0 radical (unpaired) electrons. The zero-order valence-corrected chi connectivity index (χ0v) is 36.7. The minimum atomic E-state index is -1.51. The summed E-state index contributed by atoms with van der Waals surface area (Å²) in [6, 6.07) is 4.38. The zero-order valence-electron chi connectivity index (χ0n) is 35.9. The van der Waals surface area contributed by atoms with E-state index in [2.05, 4.69) is 27.8 Å². The fourth-order valence-electron chi connectivity index (χ4n) is 10.4. The zero-order chi connectivity index (χ0) is 44.9. The van der Waals surface area contributed by atoms with Gasteiger partial charge in [0.05, 0.1) is 36.8 Å². The number of hydrogen-bond acceptors (Lipinski definition) is 18. The number of esters is 1. The molecule has 0 saturated carbocycles. The Bertz CT molecular complexity index is 2520. The normalized spacial score (nSPS) is 26.8. The third kappa shape index (κ3) is 6.58. The van der Waals surface area contributed by atoms with Gasteiger partial charge in [-0.05, 0) is 88.9 Å². The van der Waals surface area contributed by atoms with Crippen molar-refractivity contribution in [3.63, 3.8) is 0 Å². The van der Waals surface area contributed by atoms with E-state index in [1.54, 1.807) is 46.8 Å². The summed E-state index contributed by atoms with van der Waals surface area (Å²) in [5.41, 5.74) is 2.22. The number of hydrogen-bond donors (Lipinski definition) is 3. The van der Waals surface area contributed by atoms with Crippen molar-refractivity contribution in [3.05, 3.63) is 75.5 Å². The van der Waals surface area contributed by atoms with Crippen LogP contribution in [0.2, 0.25) is 0 Å². The number of carbonyl (C=O) groups excluding carboxylic acids is 3. The molecule has 4 bridgehead atoms. The standard InChI is InChI=1S/C45H48N4O13S/c1-9-56-42(53)61-37-21(3)38-39(59-19-58-38)31-27-17-57-41(52)45(24-15-28(55-8)29(14-22(24)10-11-47-45)60-43(54)62-44(4,5)6)18-63-40(32(31)37)34-33-30-23(12-20(2)35(50)36(30)51)13-25(48(33)7)26(16-46)49(27)34/h9,12,14-15,25-27,33-34,40,47,50-51H,1,10-11,13,17-19H2,2-8H3/t25-,26-,27-,33-,34?,40+,45+/m0/s1. The Labute approximate surface area is 367 Å². The van der Waals surface area contributed by atoms with Gasteiger partial charge in [0.25, 0.3) is 0 Å². The van der Waals surface area contributed by atoms with Crippen molar-refractivity contribution in [2.75, 3.05) is 39.9 Å². The number of likely N-dealkylation sites (N-methyl/N-ethyl adjacent to an activating group) is 1. The van der Waals surface area contributed by atoms with Crippen LogP contribution in [0.25, 0.3) is 0 Å². The molecule has 7 heterocycles. The van der Waals surface area contributed by atoms with Crippen LogP contribution < -0.4 is 29.0 Å². The molecule has 17 nitrogen and oxygen atoms in total. The summed E-state index contributed by atoms with van der Waals surface area (Å²) in [7, 11) is 3.33. The Kier molecular flexibility index (Phi) is 10.4. The second-order valence-corrected chi connectivity index (χ2v) is 18.6. The topological polar surface area (TPSA) is 208 Å². The highest BCUT2D eigenvalue weighted by atomic mass is 32.2. The molecule has 2 saturated heterocycles. The summed E-state index contributed by atoms with van der Waals surface area (Å²) < 4.78 is 46.7. The van der Waals surface area contributed by atoms with Crippen molar-refractivity contribution in [3.8, 4) is 46.3 Å². The highest BCUT2D eigenvalue weighted by molar-refractivity contribution is 7.99. The Morgan fingerprint density at radius 3 is 2.51 bits per heavy atom. The van der Waals surface area contributed by atoms with E-state index >= 15 is 4.79 Å². The van der Waals surface area contributed by atoms with Crippen LogP contribution in [0, 0.1) is 25.2 Å². The largest absolute Gasteiger partial charge is 0.518 e. The molecule has 3 aromatic carbocycles. The minimum Gasteiger partial charge on any atom is -0.504 e. The summed E-state index contributed by atoms with van der Waals surface area (Å²) in [4.78, 5) is 45.3. The van der Waals surface area contributed by atoms with E-state index in [4.69, 9.17) is 37.9 Å². The van der Waals surface area contributed by atoms with Crippen LogP contribution in [0.4, 0.5) is 9.59 Å². The first-order chi connectivity index (χ1) is 30.0. The summed E-state index contributed by atoms with van der Waals surface area (Å²) >= 11 is 1.37. The minimum absolute atomic E-state index is 0.0203. The number of carbonyl (C=O) groups is 3. The lowest BCUT2D eigenvalue weighted by atomic mass is 9.71. The maximum absolute atomic E-state index is 15.0. The number of benzene rings is 3. The molecule has 1 spiro atoms. The van der Waals surface area contributed by atoms with Crippen molar-refractivity contribution >= 4 is 30.0 Å². The van der Waals surface area contributed by atoms with Crippen LogP contribution in [0.1, 0.15) is 82.6 Å². The number of thioether (sulfide) groups is 1. The van der Waals surface area contributed by atoms with Gasteiger partial charge in [0.15, 0.2) is 40.0 Å². The first kappa shape index (κ1) is 42.4. The van der Waals surface area contributed by atoms with Gasteiger partial charge >= 0.3 is 18.3 Å². The Hall–Kier alpha value is -5.87. The van der Waals surface area contributed by atoms with Crippen molar-refractivity contribution in [2.24, 2.45) is 0 Å². The predicted molar refractivity (Wildman–Crippen MR) is 224 cm³/mol. The smallest absolute Gasteiger partial charge is 0.504 e. The van der Waals surface area contributed by atoms with Gasteiger partial charge in [0.1, 0.15) is 24.0 Å². The molecule has 1 unspecified atom stereocenters. The number of nitrogens with zero attached hydrogens (tertiary/aromatic N) is 3. The van der Waals surface area contributed by atoms with Crippen LogP contribution >= 0.6 is 11.8 Å². The van der Waals surface area contributed by atoms with Crippen LogP contribution in [0.5, 0.6) is 40.2 Å². The number of rotatable bonds is 4. The average Bonchev–Trinajstić information content (AvgIpc) is 3.72. The molecular weight excluding hydrogens is 837 g/mol. The van der Waals surface area contributed by atoms with E-state index in [9.17, 15) is 25.1 Å². The van der Waals surface area contributed by atoms with Gasteiger partial charge in [-0.1, -0.05) is 12.6 Å². The van der Waals surface area contributed by atoms with Crippen LogP contribution in [-0.4, -0.2) is 102 Å². The van der Waals surface area contributed by atoms with E-state index in [0.717, 1.165) is 11.8 Å². The van der Waals surface area contributed by atoms with E-state index in [1.165, 1.54) is 18.9 Å². The van der Waals surface area contributed by atoms with Crippen molar-refractivity contribution < 1.29 is 62.5 Å². The fourth-order valence-corrected chi connectivity index (χ4v) is 12.1. The summed E-state index contributed by atoms with van der Waals surface area (Å²) in [5.74, 6) is 0.0411. The maximum atomic E-state index is 15.0. The molecule has 10 rings (SSSR count). The summed E-state index contributed by atoms with van der Waals surface area (Å²) in [5, 5.41) is 37.0. The van der Waals surface area contributed by atoms with Gasteiger partial charge < -0.3 is 48.1 Å². The highest BCUT2D eigenvalue weighted by Crippen LogP contribution is 2.64. The lowest BCUT2D eigenvalue weighted by Gasteiger charge is -2.62.